The minimum Gasteiger partial charge on any atom is -0.507 e. The molecule has 0 bridgehead atoms. The van der Waals surface area contributed by atoms with Gasteiger partial charge >= 0.3 is 0 Å². The number of aromatic nitrogens is 1. The number of ketones is 1. The van der Waals surface area contributed by atoms with E-state index in [9.17, 15) is 14.7 Å². The maximum atomic E-state index is 13.2. The normalized spacial score (nSPS) is 17.6. The van der Waals surface area contributed by atoms with E-state index in [1.54, 1.807) is 67.9 Å². The van der Waals surface area contributed by atoms with Crippen LogP contribution in [0.15, 0.2) is 66.4 Å². The number of hydrogen-bond donors (Lipinski definition) is 1. The van der Waals surface area contributed by atoms with Gasteiger partial charge in [0, 0.05) is 22.5 Å². The fourth-order valence-corrected chi connectivity index (χ4v) is 4.20. The zero-order valence-corrected chi connectivity index (χ0v) is 18.6. The van der Waals surface area contributed by atoms with Crippen molar-refractivity contribution in [1.82, 2.24) is 4.98 Å². The lowest BCUT2D eigenvalue weighted by Crippen LogP contribution is -2.30. The second-order valence-corrected chi connectivity index (χ2v) is 7.98. The highest BCUT2D eigenvalue weighted by atomic mass is 35.5. The number of pyridine rings is 1. The minimum absolute atomic E-state index is 0.0207. The van der Waals surface area contributed by atoms with Crippen molar-refractivity contribution in [3.05, 3.63) is 93.8 Å². The molecule has 0 spiro atoms. The van der Waals surface area contributed by atoms with Crippen molar-refractivity contribution in [2.45, 2.75) is 19.9 Å². The molecule has 1 N–H and O–H groups in total. The Morgan fingerprint density at radius 1 is 1.06 bits per heavy atom. The fourth-order valence-electron chi connectivity index (χ4n) is 3.97. The lowest BCUT2D eigenvalue weighted by Gasteiger charge is -2.26. The number of halogens is 1. The van der Waals surface area contributed by atoms with Gasteiger partial charge in [0.05, 0.1) is 18.4 Å². The molecule has 4 rings (SSSR count). The SMILES string of the molecule is COc1ccc(/C(O)=C2\C(=O)C(=O)N(c3ccc(Cl)cc3C)C2c2ccccn2)cc1C. The first-order chi connectivity index (χ1) is 15.3. The van der Waals surface area contributed by atoms with Crippen LogP contribution in [0.2, 0.25) is 5.02 Å². The molecule has 0 aliphatic carbocycles. The molecule has 1 aliphatic heterocycles. The third-order valence-corrected chi connectivity index (χ3v) is 5.73. The summed E-state index contributed by atoms with van der Waals surface area (Å²) in [5.74, 6) is -1.13. The Morgan fingerprint density at radius 2 is 1.84 bits per heavy atom. The van der Waals surface area contributed by atoms with Crippen molar-refractivity contribution in [2.75, 3.05) is 12.0 Å². The van der Waals surface area contributed by atoms with E-state index in [-0.39, 0.29) is 11.3 Å². The first-order valence-corrected chi connectivity index (χ1v) is 10.3. The Labute approximate surface area is 190 Å². The Kier molecular flexibility index (Phi) is 5.72. The van der Waals surface area contributed by atoms with Crippen LogP contribution < -0.4 is 9.64 Å². The average Bonchev–Trinajstić information content (AvgIpc) is 3.04. The largest absolute Gasteiger partial charge is 0.507 e. The Balaban J connectivity index is 1.95. The van der Waals surface area contributed by atoms with E-state index in [0.717, 1.165) is 11.1 Å². The summed E-state index contributed by atoms with van der Waals surface area (Å²) < 4.78 is 5.28. The van der Waals surface area contributed by atoms with Crippen LogP contribution in [0.25, 0.3) is 5.76 Å². The Bertz CT molecular complexity index is 1250. The van der Waals surface area contributed by atoms with Gasteiger partial charge in [0.15, 0.2) is 0 Å². The molecular weight excluding hydrogens is 428 g/mol. The summed E-state index contributed by atoms with van der Waals surface area (Å²) in [7, 11) is 1.56. The molecule has 1 unspecified atom stereocenters. The van der Waals surface area contributed by atoms with Gasteiger partial charge in [0.2, 0.25) is 0 Å². The van der Waals surface area contributed by atoms with Crippen molar-refractivity contribution in [2.24, 2.45) is 0 Å². The molecular formula is C25H21ClN2O4. The molecule has 6 nitrogen and oxygen atoms in total. The topological polar surface area (TPSA) is 79.7 Å². The second kappa shape index (κ2) is 8.48. The molecule has 32 heavy (non-hydrogen) atoms. The summed E-state index contributed by atoms with van der Waals surface area (Å²) in [5.41, 5.74) is 2.89. The second-order valence-electron chi connectivity index (χ2n) is 7.54. The molecule has 0 saturated carbocycles. The monoisotopic (exact) mass is 448 g/mol. The molecule has 7 heteroatoms. The van der Waals surface area contributed by atoms with Gasteiger partial charge in [-0.05, 0) is 73.5 Å². The number of carbonyl (C=O) groups excluding carboxylic acids is 2. The number of anilines is 1. The van der Waals surface area contributed by atoms with Crippen molar-refractivity contribution < 1.29 is 19.4 Å². The highest BCUT2D eigenvalue weighted by molar-refractivity contribution is 6.51. The predicted octanol–water partition coefficient (Wildman–Crippen LogP) is 4.99. The molecule has 1 fully saturated rings. The number of amides is 1. The molecule has 1 aliphatic rings. The summed E-state index contributed by atoms with van der Waals surface area (Å²) in [4.78, 5) is 32.1. The highest BCUT2D eigenvalue weighted by Crippen LogP contribution is 2.43. The van der Waals surface area contributed by atoms with Crippen LogP contribution in [0.1, 0.15) is 28.4 Å². The van der Waals surface area contributed by atoms with Gasteiger partial charge in [-0.15, -0.1) is 0 Å². The van der Waals surface area contributed by atoms with Crippen LogP contribution >= 0.6 is 11.6 Å². The lowest BCUT2D eigenvalue weighted by atomic mass is 9.97. The highest BCUT2D eigenvalue weighted by Gasteiger charge is 2.48. The molecule has 1 saturated heterocycles. The van der Waals surface area contributed by atoms with E-state index in [1.807, 2.05) is 13.8 Å². The molecule has 1 amide bonds. The third kappa shape index (κ3) is 3.63. The van der Waals surface area contributed by atoms with E-state index < -0.39 is 17.7 Å². The maximum absolute atomic E-state index is 13.2. The van der Waals surface area contributed by atoms with Crippen LogP contribution in [0, 0.1) is 13.8 Å². The molecule has 162 valence electrons. The van der Waals surface area contributed by atoms with Gasteiger partial charge in [-0.1, -0.05) is 17.7 Å². The fraction of sp³-hybridized carbons (Fsp3) is 0.160. The number of benzene rings is 2. The summed E-state index contributed by atoms with van der Waals surface area (Å²) in [6.45, 7) is 3.64. The molecule has 0 radical (unpaired) electrons. The minimum atomic E-state index is -0.890. The molecule has 2 heterocycles. The number of hydrogen-bond acceptors (Lipinski definition) is 5. The smallest absolute Gasteiger partial charge is 0.300 e. The number of rotatable bonds is 4. The zero-order chi connectivity index (χ0) is 23.0. The number of aliphatic hydroxyl groups excluding tert-OH is 1. The van der Waals surface area contributed by atoms with Crippen LogP contribution in [0.3, 0.4) is 0 Å². The summed E-state index contributed by atoms with van der Waals surface area (Å²) in [6, 6.07) is 14.5. The van der Waals surface area contributed by atoms with E-state index in [4.69, 9.17) is 16.3 Å². The summed E-state index contributed by atoms with van der Waals surface area (Å²) in [5, 5.41) is 11.7. The van der Waals surface area contributed by atoms with Gasteiger partial charge in [-0.25, -0.2) is 0 Å². The lowest BCUT2D eigenvalue weighted by molar-refractivity contribution is -0.132. The van der Waals surface area contributed by atoms with Gasteiger partial charge in [-0.3, -0.25) is 19.5 Å². The quantitative estimate of drug-likeness (QED) is 0.345. The summed E-state index contributed by atoms with van der Waals surface area (Å²) in [6.07, 6.45) is 1.59. The van der Waals surface area contributed by atoms with Gasteiger partial charge in [0.25, 0.3) is 11.7 Å². The number of nitrogens with zero attached hydrogens (tertiary/aromatic N) is 2. The van der Waals surface area contributed by atoms with Crippen LogP contribution in [-0.2, 0) is 9.59 Å². The predicted molar refractivity (Wildman–Crippen MR) is 123 cm³/mol. The van der Waals surface area contributed by atoms with Crippen molar-refractivity contribution in [3.63, 3.8) is 0 Å². The number of aryl methyl sites for hydroxylation is 2. The van der Waals surface area contributed by atoms with E-state index in [0.29, 0.717) is 27.7 Å². The maximum Gasteiger partial charge on any atom is 0.300 e. The summed E-state index contributed by atoms with van der Waals surface area (Å²) >= 11 is 6.10. The molecule has 3 aromatic rings. The molecule has 2 aromatic carbocycles. The van der Waals surface area contributed by atoms with E-state index in [2.05, 4.69) is 4.98 Å². The van der Waals surface area contributed by atoms with Crippen LogP contribution in [0.5, 0.6) is 5.75 Å². The Morgan fingerprint density at radius 3 is 2.47 bits per heavy atom. The number of ether oxygens (including phenoxy) is 1. The van der Waals surface area contributed by atoms with Crippen molar-refractivity contribution >= 4 is 34.7 Å². The standard InChI is InChI=1S/C25H21ClN2O4/c1-14-13-17(26)8-9-19(14)28-22(18-6-4-5-11-27-18)21(24(30)25(28)31)23(29)16-7-10-20(32-3)15(2)12-16/h4-13,22,29H,1-3H3/b23-21+. The molecule has 1 atom stereocenters. The first kappa shape index (κ1) is 21.6. The number of aliphatic hydroxyl groups is 1. The zero-order valence-electron chi connectivity index (χ0n) is 17.8. The molecule has 1 aromatic heterocycles. The van der Waals surface area contributed by atoms with Crippen molar-refractivity contribution in [3.8, 4) is 5.75 Å². The Hall–Kier alpha value is -3.64. The third-order valence-electron chi connectivity index (χ3n) is 5.50. The van der Waals surface area contributed by atoms with Crippen molar-refractivity contribution in [1.29, 1.82) is 0 Å². The number of carbonyl (C=O) groups is 2. The van der Waals surface area contributed by atoms with Gasteiger partial charge in [-0.2, -0.15) is 0 Å². The van der Waals surface area contributed by atoms with Gasteiger partial charge in [0.1, 0.15) is 17.6 Å². The van der Waals surface area contributed by atoms with Gasteiger partial charge < -0.3 is 9.84 Å². The van der Waals surface area contributed by atoms with Crippen LogP contribution in [0.4, 0.5) is 5.69 Å². The van der Waals surface area contributed by atoms with E-state index >= 15 is 0 Å². The number of methoxy groups -OCH3 is 1. The van der Waals surface area contributed by atoms with Crippen LogP contribution in [-0.4, -0.2) is 28.9 Å². The average molecular weight is 449 g/mol. The van der Waals surface area contributed by atoms with E-state index in [1.165, 1.54) is 4.90 Å². The number of Topliss-reactive ketones (excluding diaryl/α,β-unsaturated/α-hetero) is 1. The first-order valence-electron chi connectivity index (χ1n) is 9.96.